The first-order valence-electron chi connectivity index (χ1n) is 7.68. The first-order chi connectivity index (χ1) is 9.10. The van der Waals surface area contributed by atoms with E-state index in [9.17, 15) is 0 Å². The van der Waals surface area contributed by atoms with E-state index in [0.29, 0.717) is 5.92 Å². The van der Waals surface area contributed by atoms with E-state index in [4.69, 9.17) is 0 Å². The number of nitrogens with zero attached hydrogens (tertiary/aromatic N) is 1. The van der Waals surface area contributed by atoms with Crippen molar-refractivity contribution in [2.45, 2.75) is 53.1 Å². The number of nitrogens with one attached hydrogen (secondary N) is 1. The van der Waals surface area contributed by atoms with Gasteiger partial charge in [0, 0.05) is 31.4 Å². The maximum atomic E-state index is 3.65. The standard InChI is InChI=1S/C17H28N2/c1-5-19(12-13(2)3)17-9-6-14(4)10-15(17)11-18-16-7-8-16/h6,9-10,13,16,18H,5,7-8,11-12H2,1-4H3. The van der Waals surface area contributed by atoms with Crippen molar-refractivity contribution in [3.05, 3.63) is 29.3 Å². The highest BCUT2D eigenvalue weighted by atomic mass is 15.1. The fraction of sp³-hybridized carbons (Fsp3) is 0.647. The van der Waals surface area contributed by atoms with Crippen LogP contribution in [-0.2, 0) is 6.54 Å². The van der Waals surface area contributed by atoms with E-state index in [1.54, 1.807) is 0 Å². The molecule has 106 valence electrons. The highest BCUT2D eigenvalue weighted by Crippen LogP contribution is 2.25. The monoisotopic (exact) mass is 260 g/mol. The van der Waals surface area contributed by atoms with Gasteiger partial charge in [0.25, 0.3) is 0 Å². The van der Waals surface area contributed by atoms with Crippen LogP contribution < -0.4 is 10.2 Å². The molecular weight excluding hydrogens is 232 g/mol. The summed E-state index contributed by atoms with van der Waals surface area (Å²) in [6, 6.07) is 7.64. The number of hydrogen-bond acceptors (Lipinski definition) is 2. The highest BCUT2D eigenvalue weighted by molar-refractivity contribution is 5.55. The van der Waals surface area contributed by atoms with Gasteiger partial charge >= 0.3 is 0 Å². The molecule has 1 aromatic carbocycles. The Balaban J connectivity index is 2.15. The van der Waals surface area contributed by atoms with Gasteiger partial charge in [-0.3, -0.25) is 0 Å². The molecular formula is C17H28N2. The number of rotatable bonds is 7. The van der Waals surface area contributed by atoms with E-state index in [1.807, 2.05) is 0 Å². The molecule has 1 aromatic rings. The summed E-state index contributed by atoms with van der Waals surface area (Å²) >= 11 is 0. The molecule has 0 aliphatic heterocycles. The molecule has 2 heteroatoms. The third kappa shape index (κ3) is 4.24. The lowest BCUT2D eigenvalue weighted by atomic mass is 10.1. The molecule has 2 rings (SSSR count). The Morgan fingerprint density at radius 1 is 1.32 bits per heavy atom. The van der Waals surface area contributed by atoms with Crippen LogP contribution in [0.2, 0.25) is 0 Å². The SMILES string of the molecule is CCN(CC(C)C)c1ccc(C)cc1CNC1CC1. The predicted octanol–water partition coefficient (Wildman–Crippen LogP) is 3.73. The summed E-state index contributed by atoms with van der Waals surface area (Å²) in [6.07, 6.45) is 2.70. The van der Waals surface area contributed by atoms with Crippen molar-refractivity contribution in [2.75, 3.05) is 18.0 Å². The maximum absolute atomic E-state index is 3.65. The van der Waals surface area contributed by atoms with Crippen molar-refractivity contribution in [2.24, 2.45) is 5.92 Å². The first-order valence-corrected chi connectivity index (χ1v) is 7.68. The van der Waals surface area contributed by atoms with Crippen LogP contribution in [0.4, 0.5) is 5.69 Å². The summed E-state index contributed by atoms with van der Waals surface area (Å²) in [6.45, 7) is 12.2. The number of benzene rings is 1. The lowest BCUT2D eigenvalue weighted by Gasteiger charge is -2.28. The molecule has 0 amide bonds. The molecule has 0 aromatic heterocycles. The van der Waals surface area contributed by atoms with Gasteiger partial charge in [0.15, 0.2) is 0 Å². The molecule has 0 unspecified atom stereocenters. The van der Waals surface area contributed by atoms with Gasteiger partial charge in [-0.15, -0.1) is 0 Å². The summed E-state index contributed by atoms with van der Waals surface area (Å²) in [7, 11) is 0. The summed E-state index contributed by atoms with van der Waals surface area (Å²) in [5.74, 6) is 0.700. The van der Waals surface area contributed by atoms with Crippen LogP contribution in [0.1, 0.15) is 44.7 Å². The minimum Gasteiger partial charge on any atom is -0.371 e. The second kappa shape index (κ2) is 6.42. The van der Waals surface area contributed by atoms with E-state index >= 15 is 0 Å². The van der Waals surface area contributed by atoms with E-state index in [2.05, 4.69) is 56.1 Å². The van der Waals surface area contributed by atoms with Crippen molar-refractivity contribution >= 4 is 5.69 Å². The normalized spacial score (nSPS) is 15.0. The van der Waals surface area contributed by atoms with E-state index in [0.717, 1.165) is 25.7 Å². The molecule has 0 saturated heterocycles. The van der Waals surface area contributed by atoms with Crippen LogP contribution >= 0.6 is 0 Å². The molecule has 1 aliphatic carbocycles. The van der Waals surface area contributed by atoms with Crippen LogP contribution in [0.3, 0.4) is 0 Å². The topological polar surface area (TPSA) is 15.3 Å². The Morgan fingerprint density at radius 2 is 2.05 bits per heavy atom. The molecule has 1 N–H and O–H groups in total. The molecule has 1 saturated carbocycles. The Bertz CT molecular complexity index is 408. The smallest absolute Gasteiger partial charge is 0.0412 e. The molecule has 19 heavy (non-hydrogen) atoms. The predicted molar refractivity (Wildman–Crippen MR) is 83.8 cm³/mol. The van der Waals surface area contributed by atoms with Gasteiger partial charge in [0.05, 0.1) is 0 Å². The van der Waals surface area contributed by atoms with Gasteiger partial charge < -0.3 is 10.2 Å². The molecule has 2 nitrogen and oxygen atoms in total. The number of aryl methyl sites for hydroxylation is 1. The van der Waals surface area contributed by atoms with Gasteiger partial charge in [-0.05, 0) is 44.2 Å². The first kappa shape index (κ1) is 14.4. The molecule has 1 aliphatic rings. The lowest BCUT2D eigenvalue weighted by Crippen LogP contribution is -2.29. The summed E-state index contributed by atoms with van der Waals surface area (Å²) in [5.41, 5.74) is 4.22. The highest BCUT2D eigenvalue weighted by Gasteiger charge is 2.21. The Kier molecular flexibility index (Phi) is 4.87. The van der Waals surface area contributed by atoms with Gasteiger partial charge in [0.2, 0.25) is 0 Å². The largest absolute Gasteiger partial charge is 0.371 e. The van der Waals surface area contributed by atoms with Gasteiger partial charge in [0.1, 0.15) is 0 Å². The Hall–Kier alpha value is -1.02. The molecule has 0 atom stereocenters. The maximum Gasteiger partial charge on any atom is 0.0412 e. The van der Waals surface area contributed by atoms with Gasteiger partial charge in [-0.2, -0.15) is 0 Å². The fourth-order valence-electron chi connectivity index (χ4n) is 2.54. The summed E-state index contributed by atoms with van der Waals surface area (Å²) in [4.78, 5) is 2.51. The third-order valence-corrected chi connectivity index (χ3v) is 3.70. The average molecular weight is 260 g/mol. The van der Waals surface area contributed by atoms with Crippen LogP contribution in [0, 0.1) is 12.8 Å². The minimum absolute atomic E-state index is 0.700. The Labute approximate surface area is 118 Å². The zero-order valence-electron chi connectivity index (χ0n) is 12.9. The van der Waals surface area contributed by atoms with Gasteiger partial charge in [-0.25, -0.2) is 0 Å². The van der Waals surface area contributed by atoms with Crippen molar-refractivity contribution in [3.8, 4) is 0 Å². The molecule has 0 radical (unpaired) electrons. The fourth-order valence-corrected chi connectivity index (χ4v) is 2.54. The van der Waals surface area contributed by atoms with E-state index in [-0.39, 0.29) is 0 Å². The molecule has 0 heterocycles. The third-order valence-electron chi connectivity index (χ3n) is 3.70. The second-order valence-corrected chi connectivity index (χ2v) is 6.22. The van der Waals surface area contributed by atoms with Crippen molar-refractivity contribution in [3.63, 3.8) is 0 Å². The van der Waals surface area contributed by atoms with Crippen molar-refractivity contribution < 1.29 is 0 Å². The zero-order chi connectivity index (χ0) is 13.8. The average Bonchev–Trinajstić information content (AvgIpc) is 3.18. The van der Waals surface area contributed by atoms with Crippen LogP contribution in [0.15, 0.2) is 18.2 Å². The molecule has 1 fully saturated rings. The van der Waals surface area contributed by atoms with Crippen LogP contribution in [0.25, 0.3) is 0 Å². The molecule has 0 bridgehead atoms. The summed E-state index contributed by atoms with van der Waals surface area (Å²) < 4.78 is 0. The number of hydrogen-bond donors (Lipinski definition) is 1. The quantitative estimate of drug-likeness (QED) is 0.803. The molecule has 0 spiro atoms. The zero-order valence-corrected chi connectivity index (χ0v) is 12.9. The minimum atomic E-state index is 0.700. The van der Waals surface area contributed by atoms with E-state index in [1.165, 1.54) is 29.7 Å². The second-order valence-electron chi connectivity index (χ2n) is 6.22. The van der Waals surface area contributed by atoms with Crippen molar-refractivity contribution in [1.82, 2.24) is 5.32 Å². The van der Waals surface area contributed by atoms with Crippen LogP contribution in [-0.4, -0.2) is 19.1 Å². The summed E-state index contributed by atoms with van der Waals surface area (Å²) in [5, 5.41) is 3.65. The van der Waals surface area contributed by atoms with Gasteiger partial charge in [-0.1, -0.05) is 31.5 Å². The number of anilines is 1. The van der Waals surface area contributed by atoms with E-state index < -0.39 is 0 Å². The lowest BCUT2D eigenvalue weighted by molar-refractivity contribution is 0.613. The van der Waals surface area contributed by atoms with Crippen LogP contribution in [0.5, 0.6) is 0 Å². The van der Waals surface area contributed by atoms with Crippen molar-refractivity contribution in [1.29, 1.82) is 0 Å². The Morgan fingerprint density at radius 3 is 2.63 bits per heavy atom.